The van der Waals surface area contributed by atoms with Crippen LogP contribution in [0.1, 0.15) is 50.6 Å². The molecule has 1 saturated heterocycles. The average molecular weight is 480 g/mol. The molecule has 0 saturated carbocycles. The van der Waals surface area contributed by atoms with Crippen molar-refractivity contribution in [1.29, 1.82) is 0 Å². The van der Waals surface area contributed by atoms with Crippen molar-refractivity contribution >= 4 is 27.3 Å². The van der Waals surface area contributed by atoms with Crippen LogP contribution in [-0.2, 0) is 14.8 Å². The number of halogens is 2. The van der Waals surface area contributed by atoms with Crippen molar-refractivity contribution in [3.63, 3.8) is 0 Å². The Kier molecular flexibility index (Phi) is 8.29. The van der Waals surface area contributed by atoms with Crippen molar-refractivity contribution in [3.05, 3.63) is 59.7 Å². The Balaban J connectivity index is 1.52. The molecule has 1 amide bonds. The highest BCUT2D eigenvalue weighted by Crippen LogP contribution is 2.23. The summed E-state index contributed by atoms with van der Waals surface area (Å²) in [4.78, 5) is 14.8. The van der Waals surface area contributed by atoms with Gasteiger partial charge in [0.25, 0.3) is 0 Å². The number of carbonyl (C=O) groups excluding carboxylic acids is 1. The number of piperidine rings is 1. The fourth-order valence-electron chi connectivity index (χ4n) is 4.03. The van der Waals surface area contributed by atoms with Gasteiger partial charge in [0.15, 0.2) is 11.6 Å². The first-order valence-corrected chi connectivity index (χ1v) is 13.1. The van der Waals surface area contributed by atoms with Crippen LogP contribution >= 0.6 is 0 Å². The zero-order chi connectivity index (χ0) is 24.0. The topological polar surface area (TPSA) is 69.7 Å². The van der Waals surface area contributed by atoms with E-state index in [2.05, 4.69) is 22.3 Å². The fraction of sp³-hybridized carbons (Fsp3) is 0.458. The van der Waals surface area contributed by atoms with E-state index >= 15 is 0 Å². The maximum atomic E-state index is 13.6. The van der Waals surface area contributed by atoms with Gasteiger partial charge < -0.3 is 10.2 Å². The molecule has 1 N–H and O–H groups in total. The number of anilines is 2. The lowest BCUT2D eigenvalue weighted by atomic mass is 10.1. The molecular formula is C24H31F2N3O3S. The molecule has 1 heterocycles. The van der Waals surface area contributed by atoms with E-state index in [0.29, 0.717) is 0 Å². The van der Waals surface area contributed by atoms with Crippen LogP contribution in [-0.4, -0.2) is 40.2 Å². The number of hydrogen-bond acceptors (Lipinski definition) is 4. The molecule has 33 heavy (non-hydrogen) atoms. The van der Waals surface area contributed by atoms with Crippen LogP contribution in [0.15, 0.2) is 42.5 Å². The molecule has 1 aliphatic heterocycles. The van der Waals surface area contributed by atoms with Gasteiger partial charge in [0.1, 0.15) is 0 Å². The van der Waals surface area contributed by atoms with E-state index in [1.54, 1.807) is 0 Å². The molecular weight excluding hydrogens is 448 g/mol. The third-order valence-corrected chi connectivity index (χ3v) is 7.04. The second-order valence-corrected chi connectivity index (χ2v) is 10.4. The molecule has 1 fully saturated rings. The van der Waals surface area contributed by atoms with E-state index in [4.69, 9.17) is 0 Å². The van der Waals surface area contributed by atoms with Crippen LogP contribution in [0.25, 0.3) is 0 Å². The van der Waals surface area contributed by atoms with Gasteiger partial charge in [-0.3, -0.25) is 9.10 Å². The highest BCUT2D eigenvalue weighted by Gasteiger charge is 2.20. The van der Waals surface area contributed by atoms with Crippen molar-refractivity contribution < 1.29 is 22.0 Å². The summed E-state index contributed by atoms with van der Waals surface area (Å²) in [6.45, 7) is 4.02. The lowest BCUT2D eigenvalue weighted by Gasteiger charge is -2.29. The highest BCUT2D eigenvalue weighted by molar-refractivity contribution is 7.92. The van der Waals surface area contributed by atoms with Crippen LogP contribution in [0.2, 0.25) is 0 Å². The predicted molar refractivity (Wildman–Crippen MR) is 127 cm³/mol. The van der Waals surface area contributed by atoms with Gasteiger partial charge >= 0.3 is 0 Å². The first-order valence-electron chi connectivity index (χ1n) is 11.2. The molecule has 1 aliphatic rings. The SMILES string of the molecule is C[C@@H](NC(=O)CCCN(c1ccc(F)c(F)c1)S(C)(=O)=O)c1ccc(N2CCCCC2)cc1. The second kappa shape index (κ2) is 11.0. The summed E-state index contributed by atoms with van der Waals surface area (Å²) in [6.07, 6.45) is 5.02. The number of nitrogens with one attached hydrogen (secondary N) is 1. The van der Waals surface area contributed by atoms with Gasteiger partial charge in [0, 0.05) is 37.8 Å². The van der Waals surface area contributed by atoms with Gasteiger partial charge in [-0.15, -0.1) is 0 Å². The third kappa shape index (κ3) is 6.90. The van der Waals surface area contributed by atoms with Gasteiger partial charge in [-0.25, -0.2) is 17.2 Å². The quantitative estimate of drug-likeness (QED) is 0.580. The molecule has 0 aromatic heterocycles. The molecule has 0 radical (unpaired) electrons. The largest absolute Gasteiger partial charge is 0.372 e. The Hall–Kier alpha value is -2.68. The van der Waals surface area contributed by atoms with E-state index in [1.807, 2.05) is 19.1 Å². The van der Waals surface area contributed by atoms with Crippen LogP contribution in [0.5, 0.6) is 0 Å². The molecule has 0 bridgehead atoms. The van der Waals surface area contributed by atoms with Gasteiger partial charge in [-0.05, 0) is 62.4 Å². The number of carbonyl (C=O) groups is 1. The van der Waals surface area contributed by atoms with Crippen LogP contribution in [0.4, 0.5) is 20.2 Å². The monoisotopic (exact) mass is 479 g/mol. The fourth-order valence-corrected chi connectivity index (χ4v) is 4.99. The first kappa shape index (κ1) is 25.0. The molecule has 2 aromatic rings. The summed E-state index contributed by atoms with van der Waals surface area (Å²) < 4.78 is 52.0. The first-order chi connectivity index (χ1) is 15.6. The number of nitrogens with zero attached hydrogens (tertiary/aromatic N) is 2. The molecule has 3 rings (SSSR count). The molecule has 0 aliphatic carbocycles. The molecule has 180 valence electrons. The maximum absolute atomic E-state index is 13.6. The van der Waals surface area contributed by atoms with Gasteiger partial charge in [-0.1, -0.05) is 12.1 Å². The van der Waals surface area contributed by atoms with E-state index in [1.165, 1.54) is 31.0 Å². The molecule has 0 unspecified atom stereocenters. The molecule has 1 atom stereocenters. The molecule has 0 spiro atoms. The summed E-state index contributed by atoms with van der Waals surface area (Å²) in [5.74, 6) is -2.38. The van der Waals surface area contributed by atoms with E-state index in [0.717, 1.165) is 41.3 Å². The average Bonchev–Trinajstić information content (AvgIpc) is 2.78. The number of sulfonamides is 1. The normalized spacial score (nSPS) is 15.2. The zero-order valence-electron chi connectivity index (χ0n) is 19.1. The van der Waals surface area contributed by atoms with Gasteiger partial charge in [0.2, 0.25) is 15.9 Å². The minimum Gasteiger partial charge on any atom is -0.372 e. The number of hydrogen-bond donors (Lipinski definition) is 1. The van der Waals surface area contributed by atoms with E-state index < -0.39 is 21.7 Å². The molecule has 2 aromatic carbocycles. The minimum atomic E-state index is -3.72. The number of rotatable bonds is 9. The Morgan fingerprint density at radius 3 is 2.33 bits per heavy atom. The van der Waals surface area contributed by atoms with Gasteiger partial charge in [0.05, 0.1) is 18.0 Å². The lowest BCUT2D eigenvalue weighted by Crippen LogP contribution is -2.32. The summed E-state index contributed by atoms with van der Waals surface area (Å²) in [5.41, 5.74) is 2.21. The van der Waals surface area contributed by atoms with Crippen molar-refractivity contribution in [3.8, 4) is 0 Å². The third-order valence-electron chi connectivity index (χ3n) is 5.85. The zero-order valence-corrected chi connectivity index (χ0v) is 19.9. The van der Waals surface area contributed by atoms with Gasteiger partial charge in [-0.2, -0.15) is 0 Å². The minimum absolute atomic E-state index is 0.0176. The summed E-state index contributed by atoms with van der Waals surface area (Å²) in [6, 6.07) is 10.9. The smallest absolute Gasteiger partial charge is 0.232 e. The van der Waals surface area contributed by atoms with E-state index in [-0.39, 0.29) is 37.0 Å². The van der Waals surface area contributed by atoms with Crippen LogP contribution in [0, 0.1) is 11.6 Å². The Morgan fingerprint density at radius 2 is 1.73 bits per heavy atom. The van der Waals surface area contributed by atoms with E-state index in [9.17, 15) is 22.0 Å². The highest BCUT2D eigenvalue weighted by atomic mass is 32.2. The second-order valence-electron chi connectivity index (χ2n) is 8.47. The van der Waals surface area contributed by atoms with Crippen molar-refractivity contribution in [2.45, 2.75) is 45.1 Å². The maximum Gasteiger partial charge on any atom is 0.232 e. The van der Waals surface area contributed by atoms with Crippen molar-refractivity contribution in [2.24, 2.45) is 0 Å². The summed E-state index contributed by atoms with van der Waals surface area (Å²) in [5, 5.41) is 2.93. The lowest BCUT2D eigenvalue weighted by molar-refractivity contribution is -0.121. The Bertz CT molecular complexity index is 1060. The summed E-state index contributed by atoms with van der Waals surface area (Å²) >= 11 is 0. The van der Waals surface area contributed by atoms with Crippen molar-refractivity contribution in [2.75, 3.05) is 35.1 Å². The van der Waals surface area contributed by atoms with Crippen LogP contribution in [0.3, 0.4) is 0 Å². The Labute approximate surface area is 194 Å². The molecule has 9 heteroatoms. The van der Waals surface area contributed by atoms with Crippen LogP contribution < -0.4 is 14.5 Å². The number of benzene rings is 2. The predicted octanol–water partition coefficient (Wildman–Crippen LogP) is 4.38. The molecule has 6 nitrogen and oxygen atoms in total. The standard InChI is InChI=1S/C24H31F2N3O3S/c1-18(19-8-10-20(11-9-19)28-14-4-3-5-15-28)27-24(30)7-6-16-29(33(2,31)32)21-12-13-22(25)23(26)17-21/h8-13,17-18H,3-7,14-16H2,1-2H3,(H,27,30)/t18-/m1/s1. The Morgan fingerprint density at radius 1 is 1.06 bits per heavy atom. The van der Waals surface area contributed by atoms with Crippen molar-refractivity contribution in [1.82, 2.24) is 5.32 Å². The summed E-state index contributed by atoms with van der Waals surface area (Å²) in [7, 11) is -3.72. The number of amides is 1.